The van der Waals surface area contributed by atoms with E-state index >= 15 is 0 Å². The summed E-state index contributed by atoms with van der Waals surface area (Å²) in [6.07, 6.45) is 3.13. The Morgan fingerprint density at radius 1 is 0.958 bits per heavy atom. The largest absolute Gasteiger partial charge is 0.480 e. The number of nitrogens with zero attached hydrogens (tertiary/aromatic N) is 2. The number of hydrogen-bond donors (Lipinski definition) is 2. The molecular weight excluding hydrogens is 622 g/mol. The number of ether oxygens (including phenoxy) is 2. The van der Waals surface area contributed by atoms with Crippen LogP contribution >= 0.6 is 0 Å². The molecule has 0 saturated carbocycles. The monoisotopic (exact) mass is 662 g/mol. The van der Waals surface area contributed by atoms with Crippen molar-refractivity contribution < 1.29 is 42.9 Å². The number of aliphatic hydroxyl groups excluding tert-OH is 1. The number of piperidine rings is 1. The highest BCUT2D eigenvalue weighted by Gasteiger charge is 2.48. The van der Waals surface area contributed by atoms with Gasteiger partial charge < -0.3 is 29.5 Å². The molecule has 0 aromatic heterocycles. The van der Waals surface area contributed by atoms with Gasteiger partial charge >= 0.3 is 5.97 Å². The molecule has 3 aliphatic rings. The van der Waals surface area contributed by atoms with Gasteiger partial charge in [0.15, 0.2) is 0 Å². The third-order valence-corrected chi connectivity index (χ3v) is 9.86. The minimum atomic E-state index is -0.992. The average molecular weight is 663 g/mol. The molecule has 2 amide bonds. The molecule has 0 aliphatic carbocycles. The van der Waals surface area contributed by atoms with E-state index in [9.17, 15) is 33.4 Å². The molecule has 48 heavy (non-hydrogen) atoms. The second-order valence-electron chi connectivity index (χ2n) is 13.0. The molecule has 3 aromatic carbocycles. The van der Waals surface area contributed by atoms with Crippen molar-refractivity contribution in [1.29, 1.82) is 0 Å². The fourth-order valence-electron chi connectivity index (χ4n) is 6.96. The quantitative estimate of drug-likeness (QED) is 0.237. The van der Waals surface area contributed by atoms with E-state index < -0.39 is 35.5 Å². The molecular formula is C37H40F2N2O7. The van der Waals surface area contributed by atoms with Gasteiger partial charge in [-0.2, -0.15) is 0 Å². The number of carbonyl (C=O) groups excluding carboxylic acids is 2. The zero-order valence-electron chi connectivity index (χ0n) is 26.6. The Bertz CT molecular complexity index is 1600. The summed E-state index contributed by atoms with van der Waals surface area (Å²) in [5.41, 5.74) is 2.48. The Balaban J connectivity index is 1.10. The van der Waals surface area contributed by atoms with E-state index in [4.69, 9.17) is 9.47 Å². The van der Waals surface area contributed by atoms with Crippen molar-refractivity contribution in [3.05, 3.63) is 101 Å². The van der Waals surface area contributed by atoms with Crippen LogP contribution in [0.15, 0.2) is 72.8 Å². The first kappa shape index (κ1) is 33.7. The van der Waals surface area contributed by atoms with Gasteiger partial charge in [0.2, 0.25) is 11.8 Å². The number of β-lactam (4-membered cyclic amide) rings is 1. The first-order valence-corrected chi connectivity index (χ1v) is 16.5. The lowest BCUT2D eigenvalue weighted by molar-refractivity contribution is -0.215. The molecule has 3 aromatic rings. The molecule has 3 saturated heterocycles. The highest BCUT2D eigenvalue weighted by molar-refractivity contribution is 6.03. The number of carboxylic acids is 1. The molecule has 3 heterocycles. The number of aliphatic carboxylic acids is 1. The number of carboxylic acid groups (broad SMARTS) is 1. The Hall–Kier alpha value is -4.19. The van der Waals surface area contributed by atoms with Crippen LogP contribution in [0.1, 0.15) is 67.4 Å². The third kappa shape index (κ3) is 7.28. The van der Waals surface area contributed by atoms with Crippen LogP contribution in [0.5, 0.6) is 0 Å². The van der Waals surface area contributed by atoms with Crippen molar-refractivity contribution >= 4 is 23.5 Å². The van der Waals surface area contributed by atoms with Gasteiger partial charge in [-0.3, -0.25) is 9.59 Å². The number of aliphatic hydroxyl groups is 1. The van der Waals surface area contributed by atoms with Crippen LogP contribution < -0.4 is 4.90 Å². The van der Waals surface area contributed by atoms with Crippen molar-refractivity contribution in [3.8, 4) is 0 Å². The topological polar surface area (TPSA) is 117 Å². The molecule has 6 rings (SSSR count). The van der Waals surface area contributed by atoms with Gasteiger partial charge in [-0.05, 0) is 98.0 Å². The van der Waals surface area contributed by atoms with Crippen LogP contribution in [0.25, 0.3) is 0 Å². The maximum absolute atomic E-state index is 13.7. The predicted molar refractivity (Wildman–Crippen MR) is 172 cm³/mol. The zero-order valence-corrected chi connectivity index (χ0v) is 26.6. The lowest BCUT2D eigenvalue weighted by Gasteiger charge is -2.48. The fourth-order valence-corrected chi connectivity index (χ4v) is 6.96. The van der Waals surface area contributed by atoms with Gasteiger partial charge in [-0.25, -0.2) is 13.6 Å². The molecule has 0 bridgehead atoms. The third-order valence-electron chi connectivity index (χ3n) is 9.86. The molecule has 254 valence electrons. The maximum Gasteiger partial charge on any atom is 0.326 e. The van der Waals surface area contributed by atoms with Crippen LogP contribution in [0, 0.1) is 17.6 Å². The minimum absolute atomic E-state index is 0.111. The number of amides is 2. The molecule has 4 atom stereocenters. The number of hydrogen-bond acceptors (Lipinski definition) is 6. The van der Waals surface area contributed by atoms with E-state index in [0.717, 1.165) is 24.0 Å². The summed E-state index contributed by atoms with van der Waals surface area (Å²) in [6.45, 7) is 0.917. The highest BCUT2D eigenvalue weighted by atomic mass is 19.1. The molecule has 0 radical (unpaired) electrons. The standard InChI is InChI=1S/C37H40F2N2O7/c38-27-10-8-25(9-11-27)32(42)17-16-30-34(41(35(30)44)29-14-12-28(39)13-15-29)26-6-4-24(5-7-26)18-19-37(22-47-23-37)48-21-33(43)40-20-2-1-3-31(40)36(45)46/h4-15,30-32,34,42H,1-3,16-23H2,(H,45,46)/t30-,31?,32?,34?/m1/s1. The average Bonchev–Trinajstić information content (AvgIpc) is 3.07. The zero-order chi connectivity index (χ0) is 33.8. The van der Waals surface area contributed by atoms with Gasteiger partial charge in [-0.15, -0.1) is 0 Å². The number of halogens is 2. The number of anilines is 1. The fraction of sp³-hybridized carbons (Fsp3) is 0.432. The van der Waals surface area contributed by atoms with Crippen molar-refractivity contribution in [3.63, 3.8) is 0 Å². The number of aryl methyl sites for hydroxylation is 1. The van der Waals surface area contributed by atoms with E-state index in [1.54, 1.807) is 17.0 Å². The van der Waals surface area contributed by atoms with E-state index in [1.807, 2.05) is 24.3 Å². The summed E-state index contributed by atoms with van der Waals surface area (Å²) >= 11 is 0. The Labute approximate surface area is 278 Å². The van der Waals surface area contributed by atoms with Crippen molar-refractivity contribution in [1.82, 2.24) is 4.90 Å². The first-order valence-electron chi connectivity index (χ1n) is 16.5. The normalized spacial score (nSPS) is 22.5. The number of benzene rings is 3. The summed E-state index contributed by atoms with van der Waals surface area (Å²) in [7, 11) is 0. The van der Waals surface area contributed by atoms with Gasteiger partial charge in [0.05, 0.1) is 31.3 Å². The number of rotatable bonds is 13. The van der Waals surface area contributed by atoms with Crippen LogP contribution in [0.4, 0.5) is 14.5 Å². The summed E-state index contributed by atoms with van der Waals surface area (Å²) < 4.78 is 38.6. The van der Waals surface area contributed by atoms with Crippen LogP contribution in [0.2, 0.25) is 0 Å². The molecule has 3 aliphatic heterocycles. The van der Waals surface area contributed by atoms with Gasteiger partial charge in [0, 0.05) is 12.2 Å². The van der Waals surface area contributed by atoms with E-state index in [0.29, 0.717) is 63.1 Å². The van der Waals surface area contributed by atoms with E-state index in [1.165, 1.54) is 41.3 Å². The van der Waals surface area contributed by atoms with Gasteiger partial charge in [-0.1, -0.05) is 36.4 Å². The second-order valence-corrected chi connectivity index (χ2v) is 13.0. The van der Waals surface area contributed by atoms with Crippen LogP contribution in [-0.4, -0.2) is 70.9 Å². The van der Waals surface area contributed by atoms with Crippen molar-refractivity contribution in [2.24, 2.45) is 5.92 Å². The Morgan fingerprint density at radius 3 is 2.25 bits per heavy atom. The maximum atomic E-state index is 13.7. The molecule has 11 heteroatoms. The summed E-state index contributed by atoms with van der Waals surface area (Å²) in [6, 6.07) is 18.3. The van der Waals surface area contributed by atoms with Gasteiger partial charge in [0.1, 0.15) is 29.9 Å². The molecule has 2 N–H and O–H groups in total. The van der Waals surface area contributed by atoms with Crippen molar-refractivity contribution in [2.75, 3.05) is 31.3 Å². The Morgan fingerprint density at radius 2 is 1.62 bits per heavy atom. The lowest BCUT2D eigenvalue weighted by Crippen LogP contribution is -2.55. The highest BCUT2D eigenvalue weighted by Crippen LogP contribution is 2.46. The molecule has 3 fully saturated rings. The van der Waals surface area contributed by atoms with Crippen molar-refractivity contribution in [2.45, 2.75) is 68.7 Å². The Kier molecular flexibility index (Phi) is 10.2. The summed E-state index contributed by atoms with van der Waals surface area (Å²) in [5.74, 6) is -2.61. The number of likely N-dealkylation sites (tertiary alicyclic amines) is 1. The van der Waals surface area contributed by atoms with E-state index in [-0.39, 0.29) is 30.3 Å². The smallest absolute Gasteiger partial charge is 0.326 e. The van der Waals surface area contributed by atoms with Gasteiger partial charge in [0.25, 0.3) is 0 Å². The second kappa shape index (κ2) is 14.5. The van der Waals surface area contributed by atoms with Crippen LogP contribution in [0.3, 0.4) is 0 Å². The summed E-state index contributed by atoms with van der Waals surface area (Å²) in [4.78, 5) is 41.0. The lowest BCUT2D eigenvalue weighted by atomic mass is 9.78. The summed E-state index contributed by atoms with van der Waals surface area (Å²) in [5, 5.41) is 20.3. The SMILES string of the molecule is O=C(O)C1CCCCN1C(=O)COC1(CCc2ccc(C3[C@@H](CCC(O)c4ccc(F)cc4)C(=O)N3c3ccc(F)cc3)cc2)COC1. The predicted octanol–water partition coefficient (Wildman–Crippen LogP) is 5.37. The van der Waals surface area contributed by atoms with E-state index in [2.05, 4.69) is 0 Å². The first-order chi connectivity index (χ1) is 23.1. The molecule has 3 unspecified atom stereocenters. The number of carbonyl (C=O) groups is 3. The molecule has 9 nitrogen and oxygen atoms in total. The minimum Gasteiger partial charge on any atom is -0.480 e. The van der Waals surface area contributed by atoms with Crippen LogP contribution in [-0.2, 0) is 30.3 Å². The molecule has 0 spiro atoms.